The molecule has 2 rings (SSSR count). The molecule has 1 fully saturated rings. The van der Waals surface area contributed by atoms with E-state index in [4.69, 9.17) is 14.6 Å². The lowest BCUT2D eigenvalue weighted by atomic mass is 10.2. The zero-order valence-electron chi connectivity index (χ0n) is 11.7. The normalized spacial score (nSPS) is 15.7. The van der Waals surface area contributed by atoms with Crippen LogP contribution < -0.4 is 14.8 Å². The monoisotopic (exact) mass is 279 g/mol. The first-order chi connectivity index (χ1) is 9.70. The molecule has 0 aromatic heterocycles. The third-order valence-corrected chi connectivity index (χ3v) is 3.13. The van der Waals surface area contributed by atoms with E-state index in [9.17, 15) is 4.79 Å². The van der Waals surface area contributed by atoms with Gasteiger partial charge in [0, 0.05) is 12.5 Å². The molecule has 1 aliphatic carbocycles. The standard InChI is InChI=1S/C15H21NO4/c1-2-19-13-5-3-4-6-14(13)20-10-9-12(15(17)18)16-11-7-8-11/h3-6,11-12,16H,2,7-10H2,1H3,(H,17,18). The van der Waals surface area contributed by atoms with Gasteiger partial charge in [0.25, 0.3) is 0 Å². The van der Waals surface area contributed by atoms with Gasteiger partial charge in [-0.05, 0) is 31.9 Å². The molecule has 1 saturated carbocycles. The van der Waals surface area contributed by atoms with E-state index >= 15 is 0 Å². The molecule has 1 unspecified atom stereocenters. The Kier molecular flexibility index (Phi) is 5.24. The molecular weight excluding hydrogens is 258 g/mol. The second-order valence-electron chi connectivity index (χ2n) is 4.85. The number of carboxylic acids is 1. The van der Waals surface area contributed by atoms with Crippen molar-refractivity contribution in [3.63, 3.8) is 0 Å². The second-order valence-corrected chi connectivity index (χ2v) is 4.85. The van der Waals surface area contributed by atoms with Crippen molar-refractivity contribution in [1.29, 1.82) is 0 Å². The molecule has 1 aromatic rings. The summed E-state index contributed by atoms with van der Waals surface area (Å²) >= 11 is 0. The number of hydrogen-bond donors (Lipinski definition) is 2. The van der Waals surface area contributed by atoms with Crippen LogP contribution in [0.15, 0.2) is 24.3 Å². The predicted molar refractivity (Wildman–Crippen MR) is 75.3 cm³/mol. The molecule has 0 amide bonds. The Morgan fingerprint density at radius 3 is 2.55 bits per heavy atom. The fraction of sp³-hybridized carbons (Fsp3) is 0.533. The fourth-order valence-electron chi connectivity index (χ4n) is 1.94. The van der Waals surface area contributed by atoms with Gasteiger partial charge in [0.05, 0.1) is 13.2 Å². The first kappa shape index (κ1) is 14.7. The van der Waals surface area contributed by atoms with E-state index in [0.717, 1.165) is 12.8 Å². The summed E-state index contributed by atoms with van der Waals surface area (Å²) in [4.78, 5) is 11.1. The summed E-state index contributed by atoms with van der Waals surface area (Å²) in [6.45, 7) is 2.83. The van der Waals surface area contributed by atoms with Crippen LogP contribution in [0.3, 0.4) is 0 Å². The Bertz CT molecular complexity index is 445. The van der Waals surface area contributed by atoms with Gasteiger partial charge in [-0.15, -0.1) is 0 Å². The minimum atomic E-state index is -0.821. The maximum Gasteiger partial charge on any atom is 0.320 e. The first-order valence-corrected chi connectivity index (χ1v) is 7.04. The molecule has 0 saturated heterocycles. The lowest BCUT2D eigenvalue weighted by Gasteiger charge is -2.15. The van der Waals surface area contributed by atoms with Gasteiger partial charge < -0.3 is 19.9 Å². The van der Waals surface area contributed by atoms with Crippen LogP contribution >= 0.6 is 0 Å². The molecule has 0 spiro atoms. The highest BCUT2D eigenvalue weighted by Crippen LogP contribution is 2.26. The number of carbonyl (C=O) groups is 1. The van der Waals surface area contributed by atoms with Crippen molar-refractivity contribution in [2.45, 2.75) is 38.3 Å². The van der Waals surface area contributed by atoms with E-state index in [0.29, 0.717) is 37.2 Å². The number of benzene rings is 1. The Balaban J connectivity index is 1.83. The van der Waals surface area contributed by atoms with Gasteiger partial charge in [0.15, 0.2) is 11.5 Å². The van der Waals surface area contributed by atoms with Crippen molar-refractivity contribution in [3.8, 4) is 11.5 Å². The average molecular weight is 279 g/mol. The van der Waals surface area contributed by atoms with E-state index in [2.05, 4.69) is 5.32 Å². The molecule has 1 aromatic carbocycles. The molecule has 5 nitrogen and oxygen atoms in total. The fourth-order valence-corrected chi connectivity index (χ4v) is 1.94. The zero-order valence-corrected chi connectivity index (χ0v) is 11.7. The first-order valence-electron chi connectivity index (χ1n) is 7.04. The van der Waals surface area contributed by atoms with Crippen LogP contribution in [0.5, 0.6) is 11.5 Å². The van der Waals surface area contributed by atoms with Crippen LogP contribution in [-0.2, 0) is 4.79 Å². The minimum absolute atomic E-state index is 0.348. The highest BCUT2D eigenvalue weighted by Gasteiger charge is 2.28. The maximum atomic E-state index is 11.1. The van der Waals surface area contributed by atoms with Crippen molar-refractivity contribution in [1.82, 2.24) is 5.32 Å². The van der Waals surface area contributed by atoms with E-state index in [1.54, 1.807) is 0 Å². The quantitative estimate of drug-likeness (QED) is 0.724. The molecule has 110 valence electrons. The lowest BCUT2D eigenvalue weighted by molar-refractivity contribution is -0.139. The lowest BCUT2D eigenvalue weighted by Crippen LogP contribution is -2.39. The van der Waals surface area contributed by atoms with Crippen molar-refractivity contribution in [3.05, 3.63) is 24.3 Å². The number of hydrogen-bond acceptors (Lipinski definition) is 4. The number of rotatable bonds is 9. The SMILES string of the molecule is CCOc1ccccc1OCCC(NC1CC1)C(=O)O. The number of carboxylic acid groups (broad SMARTS) is 1. The summed E-state index contributed by atoms with van der Waals surface area (Å²) in [6, 6.07) is 7.25. The van der Waals surface area contributed by atoms with Gasteiger partial charge >= 0.3 is 5.97 Å². The van der Waals surface area contributed by atoms with Gasteiger partial charge in [-0.25, -0.2) is 0 Å². The molecule has 0 heterocycles. The number of aliphatic carboxylic acids is 1. The number of para-hydroxylation sites is 2. The summed E-state index contributed by atoms with van der Waals surface area (Å²) < 4.78 is 11.1. The summed E-state index contributed by atoms with van der Waals surface area (Å²) in [5, 5.41) is 12.2. The Morgan fingerprint density at radius 2 is 2.00 bits per heavy atom. The average Bonchev–Trinajstić information content (AvgIpc) is 3.23. The Morgan fingerprint density at radius 1 is 1.35 bits per heavy atom. The van der Waals surface area contributed by atoms with Crippen LogP contribution in [0.2, 0.25) is 0 Å². The van der Waals surface area contributed by atoms with E-state index < -0.39 is 12.0 Å². The molecule has 0 bridgehead atoms. The molecule has 0 radical (unpaired) electrons. The zero-order chi connectivity index (χ0) is 14.4. The number of ether oxygens (including phenoxy) is 2. The second kappa shape index (κ2) is 7.14. The Labute approximate surface area is 118 Å². The largest absolute Gasteiger partial charge is 0.490 e. The van der Waals surface area contributed by atoms with Crippen molar-refractivity contribution >= 4 is 5.97 Å². The van der Waals surface area contributed by atoms with Crippen molar-refractivity contribution in [2.24, 2.45) is 0 Å². The van der Waals surface area contributed by atoms with Crippen LogP contribution in [0.1, 0.15) is 26.2 Å². The topological polar surface area (TPSA) is 67.8 Å². The molecule has 0 aliphatic heterocycles. The maximum absolute atomic E-state index is 11.1. The van der Waals surface area contributed by atoms with Gasteiger partial charge in [0.1, 0.15) is 6.04 Å². The van der Waals surface area contributed by atoms with Crippen LogP contribution in [-0.4, -0.2) is 36.4 Å². The summed E-state index contributed by atoms with van der Waals surface area (Å²) in [5.41, 5.74) is 0. The smallest absolute Gasteiger partial charge is 0.320 e. The Hall–Kier alpha value is -1.75. The predicted octanol–water partition coefficient (Wildman–Crippen LogP) is 2.06. The molecule has 2 N–H and O–H groups in total. The van der Waals surface area contributed by atoms with Crippen LogP contribution in [0, 0.1) is 0 Å². The highest BCUT2D eigenvalue weighted by atomic mass is 16.5. The molecule has 20 heavy (non-hydrogen) atoms. The molecular formula is C15H21NO4. The van der Waals surface area contributed by atoms with Crippen molar-refractivity contribution in [2.75, 3.05) is 13.2 Å². The van der Waals surface area contributed by atoms with Crippen LogP contribution in [0.25, 0.3) is 0 Å². The van der Waals surface area contributed by atoms with Gasteiger partial charge in [-0.1, -0.05) is 12.1 Å². The van der Waals surface area contributed by atoms with E-state index in [1.807, 2.05) is 31.2 Å². The van der Waals surface area contributed by atoms with Gasteiger partial charge in [-0.3, -0.25) is 4.79 Å². The molecule has 1 aliphatic rings. The third-order valence-electron chi connectivity index (χ3n) is 3.13. The van der Waals surface area contributed by atoms with Crippen molar-refractivity contribution < 1.29 is 19.4 Å². The van der Waals surface area contributed by atoms with Gasteiger partial charge in [0.2, 0.25) is 0 Å². The molecule has 5 heteroatoms. The van der Waals surface area contributed by atoms with Gasteiger partial charge in [-0.2, -0.15) is 0 Å². The summed E-state index contributed by atoms with van der Waals surface area (Å²) in [6.07, 6.45) is 2.57. The number of nitrogens with one attached hydrogen (secondary N) is 1. The summed E-state index contributed by atoms with van der Waals surface area (Å²) in [7, 11) is 0. The van der Waals surface area contributed by atoms with Crippen LogP contribution in [0.4, 0.5) is 0 Å². The minimum Gasteiger partial charge on any atom is -0.490 e. The van der Waals surface area contributed by atoms with E-state index in [-0.39, 0.29) is 0 Å². The van der Waals surface area contributed by atoms with E-state index in [1.165, 1.54) is 0 Å². The molecule has 1 atom stereocenters. The highest BCUT2D eigenvalue weighted by molar-refractivity contribution is 5.73. The summed E-state index contributed by atoms with van der Waals surface area (Å²) in [5.74, 6) is 0.528. The third kappa shape index (κ3) is 4.42.